The molecule has 1 saturated carbocycles. The summed E-state index contributed by atoms with van der Waals surface area (Å²) in [5.74, 6) is 0. The van der Waals surface area contributed by atoms with Gasteiger partial charge in [0.1, 0.15) is 6.23 Å². The topological polar surface area (TPSA) is 24.5 Å². The average Bonchev–Trinajstić information content (AvgIpc) is 2.47. The first kappa shape index (κ1) is 11.7. The first-order valence-corrected chi connectivity index (χ1v) is 5.29. The maximum absolute atomic E-state index is 12.8. The van der Waals surface area contributed by atoms with Crippen LogP contribution in [-0.4, -0.2) is 31.1 Å². The van der Waals surface area contributed by atoms with E-state index in [1.165, 1.54) is 0 Å². The third-order valence-electron chi connectivity index (χ3n) is 3.36. The molecular formula is C10H15F3N2O. The van der Waals surface area contributed by atoms with Gasteiger partial charge in [0.25, 0.3) is 0 Å². The molecule has 1 heterocycles. The van der Waals surface area contributed by atoms with Crippen molar-refractivity contribution in [3.63, 3.8) is 0 Å². The van der Waals surface area contributed by atoms with Crippen molar-refractivity contribution in [2.75, 3.05) is 13.7 Å². The number of alkyl halides is 3. The van der Waals surface area contributed by atoms with E-state index >= 15 is 0 Å². The van der Waals surface area contributed by atoms with Gasteiger partial charge in [0, 0.05) is 13.2 Å². The zero-order chi connectivity index (χ0) is 11.8. The lowest BCUT2D eigenvalue weighted by Gasteiger charge is -2.43. The van der Waals surface area contributed by atoms with Gasteiger partial charge in [-0.05, 0) is 18.9 Å². The molecule has 0 amide bonds. The fourth-order valence-corrected chi connectivity index (χ4v) is 1.97. The third kappa shape index (κ3) is 1.91. The Morgan fingerprint density at radius 1 is 1.50 bits per heavy atom. The van der Waals surface area contributed by atoms with Crippen molar-refractivity contribution in [2.24, 2.45) is 5.41 Å². The van der Waals surface area contributed by atoms with Gasteiger partial charge in [-0.2, -0.15) is 18.2 Å². The molecule has 0 saturated heterocycles. The van der Waals surface area contributed by atoms with Crippen LogP contribution >= 0.6 is 0 Å². The second-order valence-corrected chi connectivity index (χ2v) is 4.43. The highest BCUT2D eigenvalue weighted by Gasteiger charge is 2.58. The summed E-state index contributed by atoms with van der Waals surface area (Å²) in [5, 5.41) is 1.63. The summed E-state index contributed by atoms with van der Waals surface area (Å²) in [6.45, 7) is -0.252. The van der Waals surface area contributed by atoms with Crippen LogP contribution in [0.25, 0.3) is 0 Å². The Morgan fingerprint density at radius 2 is 2.19 bits per heavy atom. The summed E-state index contributed by atoms with van der Waals surface area (Å²) in [6, 6.07) is 0. The number of likely N-dealkylation sites (N-methyl/N-ethyl adjacent to an activating group) is 1. The number of nitrogens with zero attached hydrogens (tertiary/aromatic N) is 1. The van der Waals surface area contributed by atoms with Crippen LogP contribution in [0.3, 0.4) is 0 Å². The third-order valence-corrected chi connectivity index (χ3v) is 3.36. The van der Waals surface area contributed by atoms with Gasteiger partial charge in [0.15, 0.2) is 0 Å². The predicted octanol–water partition coefficient (Wildman–Crippen LogP) is 2.03. The van der Waals surface area contributed by atoms with Gasteiger partial charge < -0.3 is 10.2 Å². The quantitative estimate of drug-likeness (QED) is 0.811. The molecule has 16 heavy (non-hydrogen) atoms. The van der Waals surface area contributed by atoms with Gasteiger partial charge in [-0.25, -0.2) is 0 Å². The molecule has 1 N–H and O–H groups in total. The highest BCUT2D eigenvalue weighted by molar-refractivity contribution is 4.96. The molecule has 2 rings (SSSR count). The second kappa shape index (κ2) is 3.92. The van der Waals surface area contributed by atoms with E-state index in [0.717, 1.165) is 0 Å². The minimum Gasteiger partial charge on any atom is -0.357 e. The smallest absolute Gasteiger partial charge is 0.357 e. The van der Waals surface area contributed by atoms with Crippen molar-refractivity contribution in [3.05, 3.63) is 12.3 Å². The Hall–Kier alpha value is -0.750. The Kier molecular flexibility index (Phi) is 2.88. The number of halogens is 3. The number of ether oxygens (including phenoxy) is 1. The zero-order valence-electron chi connectivity index (χ0n) is 9.05. The van der Waals surface area contributed by atoms with Crippen molar-refractivity contribution < 1.29 is 17.9 Å². The maximum Gasteiger partial charge on any atom is 0.396 e. The summed E-state index contributed by atoms with van der Waals surface area (Å²) in [7, 11) is 1.73. The van der Waals surface area contributed by atoms with Crippen LogP contribution in [0.2, 0.25) is 0 Å². The van der Waals surface area contributed by atoms with Crippen LogP contribution < -0.4 is 5.43 Å². The lowest BCUT2D eigenvalue weighted by atomic mass is 9.69. The van der Waals surface area contributed by atoms with E-state index < -0.39 is 17.8 Å². The molecule has 2 aliphatic rings. The zero-order valence-corrected chi connectivity index (χ0v) is 9.05. The number of hydrazine groups is 1. The van der Waals surface area contributed by atoms with Crippen molar-refractivity contribution in [3.8, 4) is 0 Å². The number of rotatable bonds is 3. The molecule has 1 atom stereocenters. The Bertz CT molecular complexity index is 286. The van der Waals surface area contributed by atoms with Crippen molar-refractivity contribution >= 4 is 0 Å². The number of hydrogen-bond donors (Lipinski definition) is 1. The Labute approximate surface area is 92.2 Å². The fourth-order valence-electron chi connectivity index (χ4n) is 1.97. The molecule has 1 aliphatic carbocycles. The van der Waals surface area contributed by atoms with Crippen LogP contribution in [0.5, 0.6) is 0 Å². The van der Waals surface area contributed by atoms with Crippen molar-refractivity contribution in [2.45, 2.75) is 31.7 Å². The summed E-state index contributed by atoms with van der Waals surface area (Å²) in [4.78, 5) is 0. The summed E-state index contributed by atoms with van der Waals surface area (Å²) < 4.78 is 43.7. The van der Waals surface area contributed by atoms with Gasteiger partial charge >= 0.3 is 6.18 Å². The lowest BCUT2D eigenvalue weighted by molar-refractivity contribution is -0.272. The standard InChI is InChI=1S/C10H15F3N2O/c1-15-8(3-6-14-15)16-7-9(4-2-5-9)10(11,12)13/h3,6,8,14H,2,4-5,7H2,1H3. The SMILES string of the molecule is CN1NC=CC1OCC1(C(F)(F)F)CCC1. The largest absolute Gasteiger partial charge is 0.396 e. The molecule has 0 spiro atoms. The van der Waals surface area contributed by atoms with Crippen LogP contribution in [0.1, 0.15) is 19.3 Å². The minimum atomic E-state index is -4.15. The van der Waals surface area contributed by atoms with E-state index in [0.29, 0.717) is 6.42 Å². The van der Waals surface area contributed by atoms with Gasteiger partial charge in [-0.3, -0.25) is 0 Å². The fraction of sp³-hybridized carbons (Fsp3) is 0.800. The van der Waals surface area contributed by atoms with E-state index in [4.69, 9.17) is 4.74 Å². The van der Waals surface area contributed by atoms with Crippen LogP contribution in [0.4, 0.5) is 13.2 Å². The van der Waals surface area contributed by atoms with E-state index in [-0.39, 0.29) is 19.4 Å². The van der Waals surface area contributed by atoms with Gasteiger partial charge in [-0.1, -0.05) is 6.42 Å². The minimum absolute atomic E-state index is 0.185. The van der Waals surface area contributed by atoms with E-state index in [9.17, 15) is 13.2 Å². The van der Waals surface area contributed by atoms with Gasteiger partial charge in [-0.15, -0.1) is 0 Å². The number of hydrogen-bond acceptors (Lipinski definition) is 3. The molecule has 0 radical (unpaired) electrons. The first-order chi connectivity index (χ1) is 7.45. The maximum atomic E-state index is 12.8. The summed E-state index contributed by atoms with van der Waals surface area (Å²) >= 11 is 0. The summed E-state index contributed by atoms with van der Waals surface area (Å²) in [6.07, 6.45) is -0.195. The predicted molar refractivity (Wildman–Crippen MR) is 52.1 cm³/mol. The number of nitrogens with one attached hydrogen (secondary N) is 1. The molecule has 0 aromatic carbocycles. The molecule has 92 valence electrons. The van der Waals surface area contributed by atoms with E-state index in [1.54, 1.807) is 24.3 Å². The van der Waals surface area contributed by atoms with Crippen LogP contribution in [0.15, 0.2) is 12.3 Å². The Balaban J connectivity index is 1.91. The highest BCUT2D eigenvalue weighted by Crippen LogP contribution is 2.53. The molecule has 6 heteroatoms. The molecule has 1 aliphatic heterocycles. The average molecular weight is 236 g/mol. The molecule has 0 aromatic rings. The molecule has 1 unspecified atom stereocenters. The lowest BCUT2D eigenvalue weighted by Crippen LogP contribution is -2.49. The highest BCUT2D eigenvalue weighted by atomic mass is 19.4. The van der Waals surface area contributed by atoms with E-state index in [1.807, 2.05) is 0 Å². The molecule has 3 nitrogen and oxygen atoms in total. The molecular weight excluding hydrogens is 221 g/mol. The van der Waals surface area contributed by atoms with Crippen LogP contribution in [-0.2, 0) is 4.74 Å². The molecule has 0 bridgehead atoms. The normalized spacial score (nSPS) is 28.9. The first-order valence-electron chi connectivity index (χ1n) is 5.29. The van der Waals surface area contributed by atoms with Gasteiger partial charge in [0.05, 0.1) is 12.0 Å². The monoisotopic (exact) mass is 236 g/mol. The Morgan fingerprint density at radius 3 is 2.56 bits per heavy atom. The molecule has 1 fully saturated rings. The van der Waals surface area contributed by atoms with E-state index in [2.05, 4.69) is 5.43 Å². The second-order valence-electron chi connectivity index (χ2n) is 4.43. The van der Waals surface area contributed by atoms with Crippen molar-refractivity contribution in [1.82, 2.24) is 10.4 Å². The van der Waals surface area contributed by atoms with Crippen molar-refractivity contribution in [1.29, 1.82) is 0 Å². The van der Waals surface area contributed by atoms with Crippen LogP contribution in [0, 0.1) is 5.41 Å². The summed E-state index contributed by atoms with van der Waals surface area (Å²) in [5.41, 5.74) is 1.22. The van der Waals surface area contributed by atoms with Gasteiger partial charge in [0.2, 0.25) is 0 Å². The molecule has 0 aromatic heterocycles.